The van der Waals surface area contributed by atoms with E-state index >= 15 is 0 Å². The number of Topliss-reactive ketones (excluding diaryl/α,β-unsaturated/α-hetero) is 1. The molecule has 2 heterocycles. The molecule has 1 unspecified atom stereocenters. The molecule has 2 aromatic rings. The number of rotatable bonds is 4. The quantitative estimate of drug-likeness (QED) is 0.586. The molecule has 37 heavy (non-hydrogen) atoms. The second kappa shape index (κ2) is 9.95. The van der Waals surface area contributed by atoms with Crippen molar-refractivity contribution in [2.75, 3.05) is 6.54 Å². The number of nitrogens with zero attached hydrogens (tertiary/aromatic N) is 3. The molecule has 7 nitrogen and oxygen atoms in total. The van der Waals surface area contributed by atoms with E-state index in [0.29, 0.717) is 36.3 Å². The topological polar surface area (TPSA) is 81.5 Å². The third-order valence-electron chi connectivity index (χ3n) is 7.95. The fraction of sp³-hybridized carbons (Fsp3) is 0.556. The number of fused-ring (bicyclic) bond motifs is 1. The van der Waals surface area contributed by atoms with Crippen molar-refractivity contribution in [1.29, 1.82) is 0 Å². The highest BCUT2D eigenvalue weighted by Gasteiger charge is 2.42. The number of amides is 1. The van der Waals surface area contributed by atoms with Gasteiger partial charge in [0.15, 0.2) is 0 Å². The van der Waals surface area contributed by atoms with E-state index in [9.17, 15) is 27.6 Å². The molecule has 1 aromatic carbocycles. The third kappa shape index (κ3) is 5.15. The highest BCUT2D eigenvalue weighted by Crippen LogP contribution is 2.39. The van der Waals surface area contributed by atoms with Gasteiger partial charge < -0.3 is 9.64 Å². The fourth-order valence-electron chi connectivity index (χ4n) is 5.86. The van der Waals surface area contributed by atoms with Gasteiger partial charge >= 0.3 is 12.3 Å². The molecule has 0 bridgehead atoms. The van der Waals surface area contributed by atoms with Crippen LogP contribution in [0.25, 0.3) is 0 Å². The van der Waals surface area contributed by atoms with Crippen molar-refractivity contribution in [2.45, 2.75) is 76.7 Å². The SMILES string of the molecule is Cc1nc2c(c(=O)n1C(c1ccccc1)C1CC(=O)C1)CCN(C(=O)O[C@H]1CC[C@H](C(F)(F)F)CC1)C2. The zero-order valence-electron chi connectivity index (χ0n) is 20.7. The molecule has 1 aliphatic heterocycles. The van der Waals surface area contributed by atoms with Gasteiger partial charge in [0, 0.05) is 24.9 Å². The molecule has 1 amide bonds. The van der Waals surface area contributed by atoms with Crippen LogP contribution in [0.4, 0.5) is 18.0 Å². The molecule has 0 N–H and O–H groups in total. The Balaban J connectivity index is 1.32. The van der Waals surface area contributed by atoms with Gasteiger partial charge in [-0.2, -0.15) is 13.2 Å². The normalized spacial score (nSPS) is 23.2. The van der Waals surface area contributed by atoms with Crippen LogP contribution in [0.15, 0.2) is 35.1 Å². The Hall–Kier alpha value is -3.17. The van der Waals surface area contributed by atoms with E-state index in [-0.39, 0.29) is 62.1 Å². The Bertz CT molecular complexity index is 1230. The number of carbonyl (C=O) groups is 2. The lowest BCUT2D eigenvalue weighted by molar-refractivity contribution is -0.186. The molecule has 10 heteroatoms. The third-order valence-corrected chi connectivity index (χ3v) is 7.95. The van der Waals surface area contributed by atoms with Crippen LogP contribution in [0, 0.1) is 18.8 Å². The van der Waals surface area contributed by atoms with Crippen LogP contribution in [0.5, 0.6) is 0 Å². The summed E-state index contributed by atoms with van der Waals surface area (Å²) in [5.41, 5.74) is 1.86. The minimum Gasteiger partial charge on any atom is -0.446 e. The van der Waals surface area contributed by atoms with E-state index in [4.69, 9.17) is 9.72 Å². The summed E-state index contributed by atoms with van der Waals surface area (Å²) in [5, 5.41) is 0. The molecule has 0 radical (unpaired) electrons. The second-order valence-corrected chi connectivity index (χ2v) is 10.4. The van der Waals surface area contributed by atoms with E-state index in [1.165, 1.54) is 4.90 Å². The molecular formula is C27H30F3N3O4. The van der Waals surface area contributed by atoms with Crippen LogP contribution in [-0.4, -0.2) is 45.2 Å². The van der Waals surface area contributed by atoms with E-state index in [0.717, 1.165) is 5.56 Å². The van der Waals surface area contributed by atoms with E-state index in [1.54, 1.807) is 11.5 Å². The van der Waals surface area contributed by atoms with Gasteiger partial charge in [-0.3, -0.25) is 14.2 Å². The Morgan fingerprint density at radius 3 is 2.38 bits per heavy atom. The summed E-state index contributed by atoms with van der Waals surface area (Å²) in [6, 6.07) is 9.35. The van der Waals surface area contributed by atoms with Crippen molar-refractivity contribution in [3.05, 3.63) is 63.3 Å². The molecule has 1 aromatic heterocycles. The number of hydrogen-bond donors (Lipinski definition) is 0. The molecule has 2 saturated carbocycles. The van der Waals surface area contributed by atoms with Gasteiger partial charge in [-0.15, -0.1) is 0 Å². The number of alkyl halides is 3. The van der Waals surface area contributed by atoms with Gasteiger partial charge in [-0.1, -0.05) is 30.3 Å². The van der Waals surface area contributed by atoms with Crippen LogP contribution in [-0.2, 0) is 22.5 Å². The van der Waals surface area contributed by atoms with Crippen LogP contribution in [0.1, 0.15) is 67.2 Å². The molecule has 0 spiro atoms. The summed E-state index contributed by atoms with van der Waals surface area (Å²) >= 11 is 0. The molecule has 198 valence electrons. The Labute approximate surface area is 212 Å². The first kappa shape index (κ1) is 25.5. The number of carbonyl (C=O) groups excluding carboxylic acids is 2. The first-order chi connectivity index (χ1) is 17.6. The summed E-state index contributed by atoms with van der Waals surface area (Å²) in [7, 11) is 0. The number of benzene rings is 1. The monoisotopic (exact) mass is 517 g/mol. The van der Waals surface area contributed by atoms with Gasteiger partial charge in [0.25, 0.3) is 5.56 Å². The lowest BCUT2D eigenvalue weighted by Crippen LogP contribution is -2.45. The highest BCUT2D eigenvalue weighted by molar-refractivity contribution is 5.84. The minimum absolute atomic E-state index is 0.0219. The molecular weight excluding hydrogens is 487 g/mol. The summed E-state index contributed by atoms with van der Waals surface area (Å²) in [4.78, 5) is 44.4. The Kier molecular flexibility index (Phi) is 6.85. The zero-order chi connectivity index (χ0) is 26.3. The summed E-state index contributed by atoms with van der Waals surface area (Å²) in [6.45, 7) is 2.14. The number of ketones is 1. The highest BCUT2D eigenvalue weighted by atomic mass is 19.4. The predicted molar refractivity (Wildman–Crippen MR) is 128 cm³/mol. The van der Waals surface area contributed by atoms with Gasteiger partial charge in [0.2, 0.25) is 0 Å². The molecule has 2 aliphatic carbocycles. The lowest BCUT2D eigenvalue weighted by atomic mass is 9.76. The molecule has 1 atom stereocenters. The first-order valence-corrected chi connectivity index (χ1v) is 12.8. The maximum absolute atomic E-state index is 13.7. The average molecular weight is 518 g/mol. The average Bonchev–Trinajstić information content (AvgIpc) is 2.85. The van der Waals surface area contributed by atoms with Crippen molar-refractivity contribution in [3.63, 3.8) is 0 Å². The summed E-state index contributed by atoms with van der Waals surface area (Å²) < 4.78 is 46.0. The Morgan fingerprint density at radius 1 is 1.08 bits per heavy atom. The van der Waals surface area contributed by atoms with Gasteiger partial charge in [-0.05, 0) is 50.5 Å². The maximum atomic E-state index is 13.7. The van der Waals surface area contributed by atoms with Crippen molar-refractivity contribution < 1.29 is 27.5 Å². The standard InChI is InChI=1S/C27H30F3N3O4/c1-16-31-23-15-32(26(36)37-21-9-7-19(8-10-21)27(28,29)30)12-11-22(23)25(35)33(16)24(18-13-20(34)14-18)17-5-3-2-4-6-17/h2-6,18-19,21,24H,7-15H2,1H3/t19-,21-,24?. The smallest absolute Gasteiger partial charge is 0.410 e. The van der Waals surface area contributed by atoms with Gasteiger partial charge in [0.05, 0.1) is 24.2 Å². The second-order valence-electron chi connectivity index (χ2n) is 10.4. The number of ether oxygens (including phenoxy) is 1. The van der Waals surface area contributed by atoms with Crippen molar-refractivity contribution in [2.24, 2.45) is 11.8 Å². The number of hydrogen-bond acceptors (Lipinski definition) is 5. The number of aromatic nitrogens is 2. The maximum Gasteiger partial charge on any atom is 0.410 e. The number of aryl methyl sites for hydroxylation is 1. The van der Waals surface area contributed by atoms with Crippen LogP contribution < -0.4 is 5.56 Å². The lowest BCUT2D eigenvalue weighted by Gasteiger charge is -2.36. The van der Waals surface area contributed by atoms with Gasteiger partial charge in [-0.25, -0.2) is 9.78 Å². The van der Waals surface area contributed by atoms with Crippen LogP contribution >= 0.6 is 0 Å². The largest absolute Gasteiger partial charge is 0.446 e. The van der Waals surface area contributed by atoms with Crippen LogP contribution in [0.3, 0.4) is 0 Å². The van der Waals surface area contributed by atoms with Crippen molar-refractivity contribution >= 4 is 11.9 Å². The van der Waals surface area contributed by atoms with E-state index in [2.05, 4.69) is 0 Å². The molecule has 0 saturated heterocycles. The summed E-state index contributed by atoms with van der Waals surface area (Å²) in [6.07, 6.45) is -3.88. The van der Waals surface area contributed by atoms with Crippen molar-refractivity contribution in [3.8, 4) is 0 Å². The summed E-state index contributed by atoms with van der Waals surface area (Å²) in [5.74, 6) is -0.619. The molecule has 2 fully saturated rings. The predicted octanol–water partition coefficient (Wildman–Crippen LogP) is 4.74. The van der Waals surface area contributed by atoms with E-state index in [1.807, 2.05) is 30.3 Å². The molecule has 3 aliphatic rings. The Morgan fingerprint density at radius 2 is 1.76 bits per heavy atom. The zero-order valence-corrected chi connectivity index (χ0v) is 20.7. The first-order valence-electron chi connectivity index (χ1n) is 12.8. The van der Waals surface area contributed by atoms with E-state index < -0.39 is 24.3 Å². The number of halogens is 3. The van der Waals surface area contributed by atoms with Gasteiger partial charge in [0.1, 0.15) is 17.7 Å². The minimum atomic E-state index is -4.21. The van der Waals surface area contributed by atoms with Crippen molar-refractivity contribution in [1.82, 2.24) is 14.5 Å². The molecule has 5 rings (SSSR count). The fourth-order valence-corrected chi connectivity index (χ4v) is 5.86. The van der Waals surface area contributed by atoms with Crippen LogP contribution in [0.2, 0.25) is 0 Å².